The van der Waals surface area contributed by atoms with E-state index in [0.29, 0.717) is 6.04 Å². The summed E-state index contributed by atoms with van der Waals surface area (Å²) in [5, 5.41) is 3.50. The summed E-state index contributed by atoms with van der Waals surface area (Å²) in [7, 11) is 0. The van der Waals surface area contributed by atoms with Gasteiger partial charge < -0.3 is 5.32 Å². The number of hydrogen-bond donors (Lipinski definition) is 1. The van der Waals surface area contributed by atoms with Gasteiger partial charge >= 0.3 is 0 Å². The van der Waals surface area contributed by atoms with Crippen molar-refractivity contribution in [3.05, 3.63) is 0 Å². The van der Waals surface area contributed by atoms with Crippen LogP contribution in [0.4, 0.5) is 0 Å². The number of halogens is 2. The van der Waals surface area contributed by atoms with Crippen molar-refractivity contribution in [2.24, 2.45) is 0 Å². The average Bonchev–Trinajstić information content (AvgIpc) is 2.03. The Kier molecular flexibility index (Phi) is 10.1. The number of rotatable bonds is 7. The van der Waals surface area contributed by atoms with E-state index >= 15 is 0 Å². The smallest absolute Gasteiger partial charge is 0.0147 e. The van der Waals surface area contributed by atoms with Crippen LogP contribution in [-0.4, -0.2) is 20.9 Å². The summed E-state index contributed by atoms with van der Waals surface area (Å²) in [5.41, 5.74) is 0. The number of alkyl halides is 2. The third-order valence-electron chi connectivity index (χ3n) is 1.75. The molecule has 0 saturated carbocycles. The van der Waals surface area contributed by atoms with Gasteiger partial charge in [0, 0.05) is 14.4 Å². The Labute approximate surface area is 104 Å². The maximum absolute atomic E-state index is 3.50. The monoisotopic (exact) mass is 395 g/mol. The van der Waals surface area contributed by atoms with Crippen LogP contribution < -0.4 is 5.32 Å². The minimum atomic E-state index is 0.683. The van der Waals surface area contributed by atoms with Crippen LogP contribution in [0.5, 0.6) is 0 Å². The highest BCUT2D eigenvalue weighted by Gasteiger charge is 1.98. The van der Waals surface area contributed by atoms with Crippen LogP contribution >= 0.6 is 45.2 Å². The first-order chi connectivity index (χ1) is 5.66. The van der Waals surface area contributed by atoms with Crippen LogP contribution in [0.2, 0.25) is 0 Å². The van der Waals surface area contributed by atoms with Crippen molar-refractivity contribution in [2.75, 3.05) is 11.0 Å². The van der Waals surface area contributed by atoms with Crippen molar-refractivity contribution in [3.63, 3.8) is 0 Å². The molecule has 0 aliphatic carbocycles. The molecule has 1 N–H and O–H groups in total. The summed E-state index contributed by atoms with van der Waals surface area (Å²) in [5.74, 6) is 0. The molecule has 0 aromatic rings. The van der Waals surface area contributed by atoms with E-state index in [-0.39, 0.29) is 0 Å². The van der Waals surface area contributed by atoms with E-state index < -0.39 is 0 Å². The maximum atomic E-state index is 3.50. The standard InChI is InChI=1S/C9H19I2N/c1-8(11)5-3-4-6-12-9(2)7-10/h8-9,12H,3-7H2,1-2H3. The maximum Gasteiger partial charge on any atom is 0.0147 e. The molecule has 0 saturated heterocycles. The van der Waals surface area contributed by atoms with E-state index in [4.69, 9.17) is 0 Å². The second-order valence-electron chi connectivity index (χ2n) is 3.29. The van der Waals surface area contributed by atoms with Gasteiger partial charge in [0.15, 0.2) is 0 Å². The summed E-state index contributed by atoms with van der Waals surface area (Å²) in [6.45, 7) is 5.71. The van der Waals surface area contributed by atoms with Gasteiger partial charge in [-0.3, -0.25) is 0 Å². The largest absolute Gasteiger partial charge is 0.313 e. The summed E-state index contributed by atoms with van der Waals surface area (Å²) < 4.78 is 2.05. The van der Waals surface area contributed by atoms with E-state index in [1.807, 2.05) is 0 Å². The van der Waals surface area contributed by atoms with Crippen molar-refractivity contribution in [2.45, 2.75) is 43.1 Å². The second kappa shape index (κ2) is 8.99. The third-order valence-corrected chi connectivity index (χ3v) is 3.70. The highest BCUT2D eigenvalue weighted by atomic mass is 127. The second-order valence-corrected chi connectivity index (χ2v) is 6.29. The molecular weight excluding hydrogens is 376 g/mol. The molecule has 0 aromatic carbocycles. The van der Waals surface area contributed by atoms with E-state index in [0.717, 1.165) is 3.92 Å². The molecule has 0 fully saturated rings. The lowest BCUT2D eigenvalue weighted by Crippen LogP contribution is -2.28. The van der Waals surface area contributed by atoms with Crippen LogP contribution in [0.15, 0.2) is 0 Å². The van der Waals surface area contributed by atoms with Gasteiger partial charge in [-0.05, 0) is 26.3 Å². The van der Waals surface area contributed by atoms with Crippen LogP contribution in [0.25, 0.3) is 0 Å². The van der Waals surface area contributed by atoms with E-state index in [1.165, 1.54) is 30.2 Å². The minimum absolute atomic E-state index is 0.683. The first-order valence-electron chi connectivity index (χ1n) is 4.60. The van der Waals surface area contributed by atoms with E-state index in [9.17, 15) is 0 Å². The molecule has 0 aliphatic rings. The molecule has 12 heavy (non-hydrogen) atoms. The molecule has 0 amide bonds. The first kappa shape index (κ1) is 13.4. The zero-order valence-corrected chi connectivity index (χ0v) is 12.3. The predicted octanol–water partition coefficient (Wildman–Crippen LogP) is 3.39. The Morgan fingerprint density at radius 1 is 1.25 bits per heavy atom. The Morgan fingerprint density at radius 3 is 2.42 bits per heavy atom. The molecule has 0 radical (unpaired) electrons. The SMILES string of the molecule is CC(I)CCCCNC(C)CI. The molecule has 0 bridgehead atoms. The number of nitrogens with one attached hydrogen (secondary N) is 1. The van der Waals surface area contributed by atoms with Crippen LogP contribution in [0.1, 0.15) is 33.1 Å². The van der Waals surface area contributed by atoms with Crippen LogP contribution in [0, 0.1) is 0 Å². The Morgan fingerprint density at radius 2 is 1.92 bits per heavy atom. The molecule has 1 nitrogen and oxygen atoms in total. The van der Waals surface area contributed by atoms with Gasteiger partial charge in [0.05, 0.1) is 0 Å². The summed E-state index contributed by atoms with van der Waals surface area (Å²) in [4.78, 5) is 0. The molecule has 0 aliphatic heterocycles. The molecular formula is C9H19I2N. The van der Waals surface area contributed by atoms with Gasteiger partial charge in [-0.2, -0.15) is 0 Å². The molecule has 0 rings (SSSR count). The fourth-order valence-electron chi connectivity index (χ4n) is 0.954. The lowest BCUT2D eigenvalue weighted by molar-refractivity contribution is 0.558. The first-order valence-corrected chi connectivity index (χ1v) is 7.37. The Bertz CT molecular complexity index is 96.5. The highest BCUT2D eigenvalue weighted by Crippen LogP contribution is 2.08. The van der Waals surface area contributed by atoms with Crippen molar-refractivity contribution in [3.8, 4) is 0 Å². The molecule has 0 heterocycles. The zero-order valence-electron chi connectivity index (χ0n) is 7.95. The summed E-state index contributed by atoms with van der Waals surface area (Å²) in [6, 6.07) is 0.683. The quantitative estimate of drug-likeness (QED) is 0.396. The average molecular weight is 395 g/mol. The topological polar surface area (TPSA) is 12.0 Å². The van der Waals surface area contributed by atoms with Gasteiger partial charge in [0.2, 0.25) is 0 Å². The molecule has 3 heteroatoms. The van der Waals surface area contributed by atoms with Gasteiger partial charge in [0.25, 0.3) is 0 Å². The van der Waals surface area contributed by atoms with Crippen LogP contribution in [-0.2, 0) is 0 Å². The van der Waals surface area contributed by atoms with Crippen LogP contribution in [0.3, 0.4) is 0 Å². The van der Waals surface area contributed by atoms with Gasteiger partial charge in [-0.1, -0.05) is 58.5 Å². The van der Waals surface area contributed by atoms with Gasteiger partial charge in [-0.15, -0.1) is 0 Å². The van der Waals surface area contributed by atoms with Gasteiger partial charge in [0.1, 0.15) is 0 Å². The minimum Gasteiger partial charge on any atom is -0.313 e. The fourth-order valence-corrected chi connectivity index (χ4v) is 1.71. The number of unbranched alkanes of at least 4 members (excludes halogenated alkanes) is 1. The Hall–Kier alpha value is 1.42. The van der Waals surface area contributed by atoms with Crippen molar-refractivity contribution >= 4 is 45.2 Å². The lowest BCUT2D eigenvalue weighted by atomic mass is 10.2. The van der Waals surface area contributed by atoms with E-state index in [2.05, 4.69) is 64.3 Å². The van der Waals surface area contributed by atoms with Gasteiger partial charge in [-0.25, -0.2) is 0 Å². The molecule has 74 valence electrons. The van der Waals surface area contributed by atoms with Crippen molar-refractivity contribution in [1.82, 2.24) is 5.32 Å². The molecule has 0 aromatic heterocycles. The van der Waals surface area contributed by atoms with Crippen molar-refractivity contribution < 1.29 is 0 Å². The number of hydrogen-bond acceptors (Lipinski definition) is 1. The molecule has 2 unspecified atom stereocenters. The zero-order chi connectivity index (χ0) is 9.40. The predicted molar refractivity (Wildman–Crippen MR) is 73.7 cm³/mol. The summed E-state index contributed by atoms with van der Waals surface area (Å²) >= 11 is 4.91. The van der Waals surface area contributed by atoms with E-state index in [1.54, 1.807) is 0 Å². The highest BCUT2D eigenvalue weighted by molar-refractivity contribution is 14.1. The summed E-state index contributed by atoms with van der Waals surface area (Å²) in [6.07, 6.45) is 4.06. The van der Waals surface area contributed by atoms with Crippen molar-refractivity contribution in [1.29, 1.82) is 0 Å². The molecule has 0 spiro atoms. The molecule has 2 atom stereocenters. The normalized spacial score (nSPS) is 16.0. The fraction of sp³-hybridized carbons (Fsp3) is 1.00. The lowest BCUT2D eigenvalue weighted by Gasteiger charge is -2.10. The Balaban J connectivity index is 3.00. The third kappa shape index (κ3) is 9.51.